The Labute approximate surface area is 156 Å². The lowest BCUT2D eigenvalue weighted by molar-refractivity contribution is 0.0998. The fraction of sp³-hybridized carbons (Fsp3) is 0.300. The Morgan fingerprint density at radius 2 is 1.77 bits per heavy atom. The second-order valence-electron chi connectivity index (χ2n) is 6.02. The molecule has 0 aliphatic carbocycles. The third-order valence-electron chi connectivity index (χ3n) is 4.46. The fourth-order valence-electron chi connectivity index (χ4n) is 2.81. The van der Waals surface area contributed by atoms with Crippen molar-refractivity contribution in [3.05, 3.63) is 51.8 Å². The minimum atomic E-state index is -0.235. The summed E-state index contributed by atoms with van der Waals surface area (Å²) >= 11 is 1.47. The molecule has 0 aliphatic heterocycles. The molecule has 3 aromatic rings. The predicted molar refractivity (Wildman–Crippen MR) is 104 cm³/mol. The summed E-state index contributed by atoms with van der Waals surface area (Å²) < 4.78 is 13.8. The summed E-state index contributed by atoms with van der Waals surface area (Å²) in [5.74, 6) is 1.09. The van der Waals surface area contributed by atoms with Crippen LogP contribution in [0.3, 0.4) is 0 Å². The second kappa shape index (κ2) is 7.33. The highest BCUT2D eigenvalue weighted by Crippen LogP contribution is 2.33. The summed E-state index contributed by atoms with van der Waals surface area (Å²) in [5, 5.41) is 0. The summed E-state index contributed by atoms with van der Waals surface area (Å²) in [7, 11) is 3.22. The molecule has 6 heteroatoms. The summed E-state index contributed by atoms with van der Waals surface area (Å²) in [4.78, 5) is 17.7. The fourth-order valence-corrected chi connectivity index (χ4v) is 3.92. The molecule has 0 unspecified atom stereocenters. The maximum absolute atomic E-state index is 12.6. The van der Waals surface area contributed by atoms with Crippen LogP contribution in [0.4, 0.5) is 0 Å². The molecule has 26 heavy (non-hydrogen) atoms. The van der Waals surface area contributed by atoms with Crippen LogP contribution in [0.15, 0.2) is 35.3 Å². The average Bonchev–Trinajstić information content (AvgIpc) is 2.98. The van der Waals surface area contributed by atoms with E-state index in [2.05, 4.69) is 4.99 Å². The first-order valence-electron chi connectivity index (χ1n) is 8.40. The topological polar surface area (TPSA) is 52.8 Å². The molecule has 0 radical (unpaired) electrons. The third kappa shape index (κ3) is 3.24. The van der Waals surface area contributed by atoms with Gasteiger partial charge in [-0.1, -0.05) is 17.4 Å². The number of carbonyl (C=O) groups excluding carboxylic acids is 1. The lowest BCUT2D eigenvalue weighted by atomic mass is 10.1. The van der Waals surface area contributed by atoms with Crippen molar-refractivity contribution in [1.29, 1.82) is 0 Å². The number of benzene rings is 2. The number of methoxy groups -OCH3 is 2. The van der Waals surface area contributed by atoms with Gasteiger partial charge in [0.15, 0.2) is 16.3 Å². The van der Waals surface area contributed by atoms with Crippen LogP contribution in [0, 0.1) is 13.8 Å². The van der Waals surface area contributed by atoms with E-state index < -0.39 is 0 Å². The maximum Gasteiger partial charge on any atom is 0.279 e. The van der Waals surface area contributed by atoms with Gasteiger partial charge in [-0.2, -0.15) is 4.99 Å². The van der Waals surface area contributed by atoms with E-state index in [9.17, 15) is 4.79 Å². The van der Waals surface area contributed by atoms with E-state index in [1.807, 2.05) is 55.7 Å². The highest BCUT2D eigenvalue weighted by Gasteiger charge is 2.13. The van der Waals surface area contributed by atoms with Crippen LogP contribution < -0.4 is 14.3 Å². The lowest BCUT2D eigenvalue weighted by Crippen LogP contribution is -2.16. The van der Waals surface area contributed by atoms with E-state index in [-0.39, 0.29) is 5.91 Å². The Balaban J connectivity index is 2.15. The molecule has 0 saturated carbocycles. The largest absolute Gasteiger partial charge is 0.493 e. The quantitative estimate of drug-likeness (QED) is 0.695. The van der Waals surface area contributed by atoms with Crippen LogP contribution in [-0.4, -0.2) is 24.7 Å². The van der Waals surface area contributed by atoms with Crippen molar-refractivity contribution in [3.8, 4) is 11.5 Å². The molecular formula is C20H22N2O3S. The van der Waals surface area contributed by atoms with Crippen LogP contribution in [-0.2, 0) is 6.54 Å². The molecule has 5 nitrogen and oxygen atoms in total. The van der Waals surface area contributed by atoms with Gasteiger partial charge in [0.25, 0.3) is 5.91 Å². The van der Waals surface area contributed by atoms with Crippen molar-refractivity contribution in [1.82, 2.24) is 4.57 Å². The van der Waals surface area contributed by atoms with Crippen LogP contribution in [0.25, 0.3) is 10.2 Å². The summed E-state index contributed by atoms with van der Waals surface area (Å²) in [6.45, 7) is 6.76. The molecule has 1 aromatic heterocycles. The van der Waals surface area contributed by atoms with Gasteiger partial charge < -0.3 is 14.0 Å². The van der Waals surface area contributed by atoms with Crippen LogP contribution in [0.1, 0.15) is 28.4 Å². The van der Waals surface area contributed by atoms with E-state index in [0.29, 0.717) is 28.4 Å². The number of fused-ring (bicyclic) bond motifs is 1. The Kier molecular flexibility index (Phi) is 5.13. The number of carbonyl (C=O) groups is 1. The minimum absolute atomic E-state index is 0.235. The van der Waals surface area contributed by atoms with Gasteiger partial charge in [-0.25, -0.2) is 0 Å². The summed E-state index contributed by atoms with van der Waals surface area (Å²) in [6.07, 6.45) is 0. The van der Waals surface area contributed by atoms with Gasteiger partial charge in [0.1, 0.15) is 0 Å². The zero-order valence-corrected chi connectivity index (χ0v) is 16.4. The molecule has 0 atom stereocenters. The monoisotopic (exact) mass is 370 g/mol. The van der Waals surface area contributed by atoms with E-state index in [0.717, 1.165) is 21.3 Å². The summed E-state index contributed by atoms with van der Waals surface area (Å²) in [6, 6.07) is 9.51. The second-order valence-corrected chi connectivity index (χ2v) is 7.03. The molecule has 1 heterocycles. The smallest absolute Gasteiger partial charge is 0.279 e. The van der Waals surface area contributed by atoms with E-state index in [4.69, 9.17) is 9.47 Å². The molecule has 0 bridgehead atoms. The van der Waals surface area contributed by atoms with E-state index in [1.54, 1.807) is 14.2 Å². The minimum Gasteiger partial charge on any atom is -0.493 e. The first-order valence-corrected chi connectivity index (χ1v) is 9.21. The standard InChI is InChI=1S/C20H22N2O3S/c1-6-22-15-10-16(24-4)17(25-5)11-18(15)26-20(22)21-19(23)14-8-7-12(2)13(3)9-14/h7-11H,6H2,1-5H3. The molecule has 3 rings (SSSR count). The molecule has 0 spiro atoms. The van der Waals surface area contributed by atoms with Crippen molar-refractivity contribution in [2.45, 2.75) is 27.3 Å². The normalized spacial score (nSPS) is 11.8. The zero-order chi connectivity index (χ0) is 18.8. The van der Waals surface area contributed by atoms with Crippen LogP contribution >= 0.6 is 11.3 Å². The van der Waals surface area contributed by atoms with Gasteiger partial charge >= 0.3 is 0 Å². The zero-order valence-electron chi connectivity index (χ0n) is 15.6. The highest BCUT2D eigenvalue weighted by atomic mass is 32.1. The molecule has 0 saturated heterocycles. The predicted octanol–water partition coefficient (Wildman–Crippen LogP) is 4.10. The number of amides is 1. The Morgan fingerprint density at radius 3 is 2.38 bits per heavy atom. The summed E-state index contributed by atoms with van der Waals surface area (Å²) in [5.41, 5.74) is 3.82. The number of aromatic nitrogens is 1. The maximum atomic E-state index is 12.6. The molecule has 1 amide bonds. The molecule has 0 N–H and O–H groups in total. The van der Waals surface area contributed by atoms with Crippen molar-refractivity contribution in [3.63, 3.8) is 0 Å². The number of thiazole rings is 1. The first-order chi connectivity index (χ1) is 12.5. The molecule has 0 aliphatic rings. The Bertz CT molecular complexity index is 1050. The van der Waals surface area contributed by atoms with Gasteiger partial charge in [-0.3, -0.25) is 4.79 Å². The number of hydrogen-bond donors (Lipinski definition) is 0. The average molecular weight is 370 g/mol. The van der Waals surface area contributed by atoms with Gasteiger partial charge in [0.2, 0.25) is 0 Å². The van der Waals surface area contributed by atoms with Gasteiger partial charge in [-0.15, -0.1) is 0 Å². The number of rotatable bonds is 4. The van der Waals surface area contributed by atoms with Crippen molar-refractivity contribution in [2.24, 2.45) is 4.99 Å². The molecule has 136 valence electrons. The van der Waals surface area contributed by atoms with E-state index in [1.165, 1.54) is 11.3 Å². The highest BCUT2D eigenvalue weighted by molar-refractivity contribution is 7.16. The Hall–Kier alpha value is -2.60. The van der Waals surface area contributed by atoms with Crippen molar-refractivity contribution < 1.29 is 14.3 Å². The van der Waals surface area contributed by atoms with Crippen LogP contribution in [0.5, 0.6) is 11.5 Å². The molecule has 0 fully saturated rings. The van der Waals surface area contributed by atoms with Gasteiger partial charge in [-0.05, 0) is 44.0 Å². The van der Waals surface area contributed by atoms with Gasteiger partial charge in [0.05, 0.1) is 24.4 Å². The van der Waals surface area contributed by atoms with Crippen molar-refractivity contribution >= 4 is 27.5 Å². The Morgan fingerprint density at radius 1 is 1.08 bits per heavy atom. The number of ether oxygens (including phenoxy) is 2. The first kappa shape index (κ1) is 18.2. The van der Waals surface area contributed by atoms with E-state index >= 15 is 0 Å². The molecule has 2 aromatic carbocycles. The van der Waals surface area contributed by atoms with Gasteiger partial charge in [0, 0.05) is 24.2 Å². The van der Waals surface area contributed by atoms with Crippen molar-refractivity contribution in [2.75, 3.05) is 14.2 Å². The molecular weight excluding hydrogens is 348 g/mol. The number of nitrogens with zero attached hydrogens (tertiary/aromatic N) is 2. The third-order valence-corrected chi connectivity index (χ3v) is 5.50. The van der Waals surface area contributed by atoms with Crippen LogP contribution in [0.2, 0.25) is 0 Å². The SMILES string of the molecule is CCn1c(=NC(=O)c2ccc(C)c(C)c2)sc2cc(OC)c(OC)cc21. The lowest BCUT2D eigenvalue weighted by Gasteiger charge is -2.08. The number of aryl methyl sites for hydroxylation is 3. The number of hydrogen-bond acceptors (Lipinski definition) is 4.